The van der Waals surface area contributed by atoms with Gasteiger partial charge in [0.25, 0.3) is 0 Å². The van der Waals surface area contributed by atoms with Crippen LogP contribution in [0.4, 0.5) is 4.79 Å². The number of amides is 1. The van der Waals surface area contributed by atoms with Gasteiger partial charge in [0.05, 0.1) is 12.5 Å². The Morgan fingerprint density at radius 3 is 2.61 bits per heavy atom. The molecule has 0 fully saturated rings. The molecule has 0 saturated heterocycles. The topological polar surface area (TPSA) is 104 Å². The van der Waals surface area contributed by atoms with Crippen molar-refractivity contribution in [3.8, 4) is 0 Å². The van der Waals surface area contributed by atoms with Crippen molar-refractivity contribution < 1.29 is 9.90 Å². The third kappa shape index (κ3) is 4.96. The first kappa shape index (κ1) is 14.2. The predicted octanol–water partition coefficient (Wildman–Crippen LogP) is 2.06. The molecule has 1 amide bonds. The van der Waals surface area contributed by atoms with Crippen molar-refractivity contribution in [2.24, 2.45) is 0 Å². The van der Waals surface area contributed by atoms with E-state index in [1.165, 1.54) is 0 Å². The molecule has 18 heavy (non-hydrogen) atoms. The monoisotopic (exact) mass is 271 g/mol. The van der Waals surface area contributed by atoms with Crippen LogP contribution in [0.5, 0.6) is 0 Å². The number of nitrogens with one attached hydrogen (secondary N) is 2. The molecule has 3 N–H and O–H groups in total. The van der Waals surface area contributed by atoms with Crippen LogP contribution in [-0.4, -0.2) is 36.7 Å². The second-order valence-electron chi connectivity index (χ2n) is 4.46. The molecule has 0 spiro atoms. The quantitative estimate of drug-likeness (QED) is 0.636. The van der Waals surface area contributed by atoms with Crippen LogP contribution in [0, 0.1) is 0 Å². The maximum absolute atomic E-state index is 9.90. The summed E-state index contributed by atoms with van der Waals surface area (Å²) in [6.07, 6.45) is 2.15. The van der Waals surface area contributed by atoms with Gasteiger partial charge in [0.2, 0.25) is 5.28 Å². The number of aromatic amines is 1. The number of hydrogen-bond donors (Lipinski definition) is 3. The fourth-order valence-corrected chi connectivity index (χ4v) is 1.17. The summed E-state index contributed by atoms with van der Waals surface area (Å²) in [6.45, 7) is 5.38. The summed E-state index contributed by atoms with van der Waals surface area (Å²) in [7, 11) is 0. The Morgan fingerprint density at radius 2 is 2.11 bits per heavy atom. The number of rotatable bonds is 0. The van der Waals surface area contributed by atoms with Crippen LogP contribution in [-0.2, 0) is 0 Å². The van der Waals surface area contributed by atoms with Crippen molar-refractivity contribution >= 4 is 28.9 Å². The molecule has 0 aliphatic heterocycles. The molecule has 8 heteroatoms. The number of nitrogens with zero attached hydrogens (tertiary/aromatic N) is 3. The van der Waals surface area contributed by atoms with Crippen LogP contribution < -0.4 is 5.32 Å². The lowest BCUT2D eigenvalue weighted by atomic mass is 10.1. The summed E-state index contributed by atoms with van der Waals surface area (Å²) in [5.74, 6) is 0. The van der Waals surface area contributed by atoms with Crippen molar-refractivity contribution in [2.75, 3.05) is 0 Å². The molecule has 0 atom stereocenters. The summed E-state index contributed by atoms with van der Waals surface area (Å²) in [5, 5.41) is 10.7. The summed E-state index contributed by atoms with van der Waals surface area (Å²) < 4.78 is 0. The van der Waals surface area contributed by atoms with Gasteiger partial charge in [-0.15, -0.1) is 0 Å². The molecule has 0 aromatic carbocycles. The van der Waals surface area contributed by atoms with Crippen molar-refractivity contribution in [1.82, 2.24) is 25.3 Å². The lowest BCUT2D eigenvalue weighted by molar-refractivity contribution is 0.184. The van der Waals surface area contributed by atoms with Crippen molar-refractivity contribution in [2.45, 2.75) is 26.3 Å². The van der Waals surface area contributed by atoms with Crippen molar-refractivity contribution in [3.63, 3.8) is 0 Å². The van der Waals surface area contributed by atoms with Gasteiger partial charge in [0.15, 0.2) is 5.65 Å². The number of carbonyl (C=O) groups is 1. The molecule has 0 radical (unpaired) electrons. The van der Waals surface area contributed by atoms with Crippen LogP contribution >= 0.6 is 11.6 Å². The third-order valence-electron chi connectivity index (χ3n) is 1.63. The van der Waals surface area contributed by atoms with E-state index in [1.54, 1.807) is 33.3 Å². The minimum Gasteiger partial charge on any atom is -0.465 e. The highest BCUT2D eigenvalue weighted by atomic mass is 35.5. The molecule has 2 rings (SSSR count). The molecule has 0 saturated carbocycles. The molecular weight excluding hydrogens is 258 g/mol. The van der Waals surface area contributed by atoms with Crippen LogP contribution in [0.15, 0.2) is 12.5 Å². The average molecular weight is 272 g/mol. The first-order valence-electron chi connectivity index (χ1n) is 5.10. The zero-order valence-corrected chi connectivity index (χ0v) is 11.0. The Balaban J connectivity index is 0.000000187. The van der Waals surface area contributed by atoms with E-state index < -0.39 is 6.09 Å². The standard InChI is InChI=1S/C5H3ClN4.C5H11NO2/c6-5-7-1-3-4(10-5)9-2-8-3;1-5(2,3)6-4(7)8/h1-2H,(H,7,8,9,10);6H,1-3H3,(H,7,8). The van der Waals surface area contributed by atoms with Gasteiger partial charge < -0.3 is 15.4 Å². The molecule has 0 unspecified atom stereocenters. The van der Waals surface area contributed by atoms with E-state index >= 15 is 0 Å². The van der Waals surface area contributed by atoms with E-state index in [1.807, 2.05) is 0 Å². The van der Waals surface area contributed by atoms with E-state index in [-0.39, 0.29) is 10.8 Å². The van der Waals surface area contributed by atoms with Gasteiger partial charge in [0.1, 0.15) is 5.52 Å². The van der Waals surface area contributed by atoms with Crippen LogP contribution in [0.1, 0.15) is 20.8 Å². The van der Waals surface area contributed by atoms with E-state index in [0.717, 1.165) is 5.52 Å². The third-order valence-corrected chi connectivity index (χ3v) is 1.81. The summed E-state index contributed by atoms with van der Waals surface area (Å²) in [4.78, 5) is 24.3. The zero-order valence-electron chi connectivity index (χ0n) is 10.2. The number of H-pyrrole nitrogens is 1. The highest BCUT2D eigenvalue weighted by molar-refractivity contribution is 6.28. The van der Waals surface area contributed by atoms with Crippen LogP contribution in [0.2, 0.25) is 5.28 Å². The smallest absolute Gasteiger partial charge is 0.405 e. The number of carboxylic acid groups (broad SMARTS) is 1. The Labute approximate surface area is 109 Å². The van der Waals surface area contributed by atoms with Gasteiger partial charge >= 0.3 is 6.09 Å². The molecule has 2 heterocycles. The zero-order chi connectivity index (χ0) is 13.8. The van der Waals surface area contributed by atoms with Gasteiger partial charge in [0, 0.05) is 5.54 Å². The van der Waals surface area contributed by atoms with E-state index in [9.17, 15) is 4.79 Å². The summed E-state index contributed by atoms with van der Waals surface area (Å²) >= 11 is 5.51. The summed E-state index contributed by atoms with van der Waals surface area (Å²) in [5.41, 5.74) is 1.07. The molecule has 98 valence electrons. The number of imidazole rings is 1. The molecule has 0 aliphatic rings. The minimum absolute atomic E-state index is 0.233. The first-order chi connectivity index (χ1) is 8.28. The highest BCUT2D eigenvalue weighted by Crippen LogP contribution is 2.06. The molecule has 2 aromatic heterocycles. The number of halogens is 1. The van der Waals surface area contributed by atoms with Gasteiger partial charge in [-0.3, -0.25) is 0 Å². The molecular formula is C10H14ClN5O2. The lowest BCUT2D eigenvalue weighted by Crippen LogP contribution is -2.39. The number of fused-ring (bicyclic) bond motifs is 1. The Morgan fingerprint density at radius 1 is 1.44 bits per heavy atom. The average Bonchev–Trinajstić information content (AvgIpc) is 2.61. The normalized spacial score (nSPS) is 10.7. The van der Waals surface area contributed by atoms with Gasteiger partial charge in [-0.05, 0) is 32.4 Å². The van der Waals surface area contributed by atoms with Crippen molar-refractivity contribution in [3.05, 3.63) is 17.8 Å². The molecule has 0 bridgehead atoms. The highest BCUT2D eigenvalue weighted by Gasteiger charge is 2.10. The Hall–Kier alpha value is -1.89. The van der Waals surface area contributed by atoms with Crippen LogP contribution in [0.3, 0.4) is 0 Å². The van der Waals surface area contributed by atoms with E-state index in [2.05, 4.69) is 25.3 Å². The maximum Gasteiger partial charge on any atom is 0.405 e. The fourth-order valence-electron chi connectivity index (χ4n) is 1.04. The van der Waals surface area contributed by atoms with E-state index in [0.29, 0.717) is 5.65 Å². The molecule has 0 aliphatic carbocycles. The van der Waals surface area contributed by atoms with Gasteiger partial charge in [-0.2, -0.15) is 4.98 Å². The Kier molecular flexibility index (Phi) is 4.43. The van der Waals surface area contributed by atoms with Gasteiger partial charge in [-0.25, -0.2) is 14.8 Å². The van der Waals surface area contributed by atoms with Gasteiger partial charge in [-0.1, -0.05) is 0 Å². The summed E-state index contributed by atoms with van der Waals surface area (Å²) in [6, 6.07) is 0. The van der Waals surface area contributed by atoms with Crippen molar-refractivity contribution in [1.29, 1.82) is 0 Å². The fraction of sp³-hybridized carbons (Fsp3) is 0.400. The lowest BCUT2D eigenvalue weighted by Gasteiger charge is -2.16. The molecule has 2 aromatic rings. The largest absolute Gasteiger partial charge is 0.465 e. The SMILES string of the molecule is CC(C)(C)NC(=O)O.Clc1ncc2nc[nH]c2n1. The number of aromatic nitrogens is 4. The Bertz CT molecular complexity index is 534. The second-order valence-corrected chi connectivity index (χ2v) is 4.79. The van der Waals surface area contributed by atoms with Crippen LogP contribution in [0.25, 0.3) is 11.2 Å². The molecule has 7 nitrogen and oxygen atoms in total. The first-order valence-corrected chi connectivity index (χ1v) is 5.48. The van der Waals surface area contributed by atoms with E-state index in [4.69, 9.17) is 16.7 Å². The number of hydrogen-bond acceptors (Lipinski definition) is 4. The predicted molar refractivity (Wildman–Crippen MR) is 67.6 cm³/mol. The minimum atomic E-state index is -0.975. The second kappa shape index (κ2) is 5.63. The maximum atomic E-state index is 9.90.